The Kier molecular flexibility index (Phi) is 3.50. The Balaban J connectivity index is 1.69. The van der Waals surface area contributed by atoms with Crippen molar-refractivity contribution in [1.29, 1.82) is 0 Å². The largest absolute Gasteiger partial charge is 0.391 e. The van der Waals surface area contributed by atoms with Crippen molar-refractivity contribution in [2.45, 2.75) is 19.4 Å². The van der Waals surface area contributed by atoms with E-state index < -0.39 is 6.10 Å². The molecule has 0 unspecified atom stereocenters. The van der Waals surface area contributed by atoms with E-state index in [2.05, 4.69) is 15.3 Å². The molecule has 1 amide bonds. The van der Waals surface area contributed by atoms with Crippen LogP contribution in [0.15, 0.2) is 36.5 Å². The Morgan fingerprint density at radius 1 is 1.33 bits per heavy atom. The first kappa shape index (κ1) is 14.8. The maximum Gasteiger partial charge on any atom is 0.276 e. The number of carbonyl (C=O) groups is 1. The van der Waals surface area contributed by atoms with Gasteiger partial charge in [0.1, 0.15) is 0 Å². The third-order valence-electron chi connectivity index (χ3n) is 4.38. The Morgan fingerprint density at radius 2 is 2.21 bits per heavy atom. The zero-order valence-electron chi connectivity index (χ0n) is 13.3. The number of hydrogen-bond acceptors (Lipinski definition) is 5. The number of aliphatic hydroxyl groups excluding tert-OH is 1. The second-order valence-corrected chi connectivity index (χ2v) is 6.01. The molecule has 1 atom stereocenters. The fourth-order valence-electron chi connectivity index (χ4n) is 3.04. The van der Waals surface area contributed by atoms with Crippen LogP contribution in [0.4, 0.5) is 0 Å². The first-order valence-corrected chi connectivity index (χ1v) is 7.88. The summed E-state index contributed by atoms with van der Waals surface area (Å²) in [7, 11) is 0. The highest BCUT2D eigenvalue weighted by atomic mass is 16.3. The molecule has 0 saturated carbocycles. The molecule has 1 N–H and O–H groups in total. The van der Waals surface area contributed by atoms with E-state index in [1.54, 1.807) is 15.8 Å². The molecular weight excluding hydrogens is 306 g/mol. The minimum atomic E-state index is -0.447. The van der Waals surface area contributed by atoms with Crippen molar-refractivity contribution in [3.8, 4) is 5.69 Å². The van der Waals surface area contributed by atoms with Crippen LogP contribution in [0.3, 0.4) is 0 Å². The van der Waals surface area contributed by atoms with E-state index in [0.29, 0.717) is 30.9 Å². The second-order valence-electron chi connectivity index (χ2n) is 6.01. The minimum absolute atomic E-state index is 0.183. The number of fused-ring (bicyclic) bond motifs is 1. The maximum atomic E-state index is 12.6. The van der Waals surface area contributed by atoms with Gasteiger partial charge in [-0.15, -0.1) is 5.10 Å². The van der Waals surface area contributed by atoms with Gasteiger partial charge in [0.2, 0.25) is 0 Å². The zero-order valence-corrected chi connectivity index (χ0v) is 13.3. The first-order chi connectivity index (χ1) is 11.6. The van der Waals surface area contributed by atoms with E-state index in [4.69, 9.17) is 0 Å². The van der Waals surface area contributed by atoms with Crippen molar-refractivity contribution in [3.63, 3.8) is 0 Å². The van der Waals surface area contributed by atoms with Crippen molar-refractivity contribution in [1.82, 2.24) is 24.9 Å². The van der Waals surface area contributed by atoms with Gasteiger partial charge in [0, 0.05) is 24.7 Å². The summed E-state index contributed by atoms with van der Waals surface area (Å²) in [4.78, 5) is 18.5. The summed E-state index contributed by atoms with van der Waals surface area (Å²) in [6.07, 6.45) is 1.91. The minimum Gasteiger partial charge on any atom is -0.391 e. The lowest BCUT2D eigenvalue weighted by Crippen LogP contribution is -2.30. The number of benzene rings is 1. The number of aliphatic hydroxyl groups is 1. The predicted octanol–water partition coefficient (Wildman–Crippen LogP) is 1.33. The van der Waals surface area contributed by atoms with Gasteiger partial charge in [0.15, 0.2) is 5.69 Å². The molecule has 1 fully saturated rings. The van der Waals surface area contributed by atoms with Gasteiger partial charge < -0.3 is 10.0 Å². The fourth-order valence-corrected chi connectivity index (χ4v) is 3.04. The van der Waals surface area contributed by atoms with E-state index in [0.717, 1.165) is 16.6 Å². The van der Waals surface area contributed by atoms with Gasteiger partial charge in [-0.05, 0) is 37.6 Å². The van der Waals surface area contributed by atoms with Crippen LogP contribution >= 0.6 is 0 Å². The summed E-state index contributed by atoms with van der Waals surface area (Å²) in [6.45, 7) is 2.73. The molecule has 2 aromatic heterocycles. The van der Waals surface area contributed by atoms with E-state index >= 15 is 0 Å². The van der Waals surface area contributed by atoms with Crippen molar-refractivity contribution in [2.75, 3.05) is 13.1 Å². The van der Waals surface area contributed by atoms with E-state index in [9.17, 15) is 9.90 Å². The summed E-state index contributed by atoms with van der Waals surface area (Å²) in [5.74, 6) is -0.183. The molecule has 3 aromatic rings. The number of hydrogen-bond donors (Lipinski definition) is 1. The third-order valence-corrected chi connectivity index (χ3v) is 4.38. The molecule has 122 valence electrons. The lowest BCUT2D eigenvalue weighted by molar-refractivity contribution is 0.0758. The summed E-state index contributed by atoms with van der Waals surface area (Å²) >= 11 is 0. The van der Waals surface area contributed by atoms with E-state index in [-0.39, 0.29) is 5.91 Å². The van der Waals surface area contributed by atoms with Crippen molar-refractivity contribution in [2.24, 2.45) is 0 Å². The van der Waals surface area contributed by atoms with Crippen molar-refractivity contribution < 1.29 is 9.90 Å². The Hall–Kier alpha value is -2.80. The van der Waals surface area contributed by atoms with Crippen molar-refractivity contribution in [3.05, 3.63) is 47.9 Å². The predicted molar refractivity (Wildman–Crippen MR) is 87.9 cm³/mol. The van der Waals surface area contributed by atoms with Crippen molar-refractivity contribution >= 4 is 16.8 Å². The van der Waals surface area contributed by atoms with Crippen LogP contribution in [-0.2, 0) is 0 Å². The second kappa shape index (κ2) is 5.68. The topological polar surface area (TPSA) is 84.1 Å². The lowest BCUT2D eigenvalue weighted by atomic mass is 10.2. The highest BCUT2D eigenvalue weighted by Crippen LogP contribution is 2.20. The fraction of sp³-hybridized carbons (Fsp3) is 0.294. The van der Waals surface area contributed by atoms with Crippen LogP contribution in [0, 0.1) is 6.92 Å². The molecule has 3 heterocycles. The van der Waals surface area contributed by atoms with Gasteiger partial charge in [-0.3, -0.25) is 9.78 Å². The monoisotopic (exact) mass is 323 g/mol. The van der Waals surface area contributed by atoms with Gasteiger partial charge in [-0.25, -0.2) is 4.68 Å². The Labute approximate surface area is 138 Å². The first-order valence-electron chi connectivity index (χ1n) is 7.88. The molecule has 7 nitrogen and oxygen atoms in total. The molecule has 0 radical (unpaired) electrons. The van der Waals surface area contributed by atoms with Crippen LogP contribution in [0.1, 0.15) is 22.6 Å². The molecule has 24 heavy (non-hydrogen) atoms. The van der Waals surface area contributed by atoms with E-state index in [1.165, 1.54) is 0 Å². The molecule has 0 bridgehead atoms. The van der Waals surface area contributed by atoms with Gasteiger partial charge in [0.05, 0.1) is 23.0 Å². The third kappa shape index (κ3) is 2.43. The van der Waals surface area contributed by atoms with Gasteiger partial charge in [0.25, 0.3) is 5.91 Å². The number of β-amino-alcohol motifs (C(OH)–C–C–N with tert-alkyl or cyclic N) is 1. The van der Waals surface area contributed by atoms with E-state index in [1.807, 2.05) is 37.3 Å². The van der Waals surface area contributed by atoms with Crippen LogP contribution in [0.5, 0.6) is 0 Å². The average Bonchev–Trinajstić information content (AvgIpc) is 3.20. The lowest BCUT2D eigenvalue weighted by Gasteiger charge is -2.14. The van der Waals surface area contributed by atoms with Gasteiger partial charge in [-0.2, -0.15) is 0 Å². The number of aromatic nitrogens is 4. The molecule has 0 spiro atoms. The Morgan fingerprint density at radius 3 is 3.00 bits per heavy atom. The molecule has 1 aromatic carbocycles. The summed E-state index contributed by atoms with van der Waals surface area (Å²) in [5, 5.41) is 18.8. The number of carbonyl (C=O) groups excluding carboxylic acids is 1. The number of pyridine rings is 1. The number of rotatable bonds is 2. The normalized spacial score (nSPS) is 17.6. The highest BCUT2D eigenvalue weighted by molar-refractivity contribution is 5.93. The molecule has 1 aliphatic rings. The number of amides is 1. The summed E-state index contributed by atoms with van der Waals surface area (Å²) in [5.41, 5.74) is 2.75. The zero-order chi connectivity index (χ0) is 16.7. The quantitative estimate of drug-likeness (QED) is 0.769. The molecule has 1 aliphatic heterocycles. The molecule has 0 aliphatic carbocycles. The molecular formula is C17H17N5O2. The van der Waals surface area contributed by atoms with Crippen LogP contribution in [-0.4, -0.2) is 55.1 Å². The van der Waals surface area contributed by atoms with Crippen LogP contribution in [0.2, 0.25) is 0 Å². The Bertz CT molecular complexity index is 920. The van der Waals surface area contributed by atoms with Crippen LogP contribution in [0.25, 0.3) is 16.6 Å². The molecule has 1 saturated heterocycles. The smallest absolute Gasteiger partial charge is 0.276 e. The number of likely N-dealkylation sites (tertiary alicyclic amines) is 1. The maximum absolute atomic E-state index is 12.6. The average molecular weight is 323 g/mol. The SMILES string of the molecule is Cc1c(C(=O)N2CC[C@@H](O)C2)nnn1-c1ccc2ncccc2c1. The molecule has 4 rings (SSSR count). The van der Waals surface area contributed by atoms with Crippen LogP contribution < -0.4 is 0 Å². The highest BCUT2D eigenvalue weighted by Gasteiger charge is 2.29. The number of nitrogens with zero attached hydrogens (tertiary/aromatic N) is 5. The summed E-state index contributed by atoms with van der Waals surface area (Å²) < 4.78 is 1.66. The standard InChI is InChI=1S/C17H17N5O2/c1-11-16(17(24)21-8-6-14(23)10-21)19-20-22(11)13-4-5-15-12(9-13)3-2-7-18-15/h2-5,7,9,14,23H,6,8,10H2,1H3/t14-/m1/s1. The van der Waals surface area contributed by atoms with Gasteiger partial charge in [-0.1, -0.05) is 11.3 Å². The summed E-state index contributed by atoms with van der Waals surface area (Å²) in [6, 6.07) is 9.66. The van der Waals surface area contributed by atoms with Gasteiger partial charge >= 0.3 is 0 Å². The molecule has 7 heteroatoms.